The Balaban J connectivity index is 0.765. The lowest BCUT2D eigenvalue weighted by Gasteiger charge is -2.43. The average molecular weight is 1010 g/mol. The van der Waals surface area contributed by atoms with Crippen LogP contribution in [-0.4, -0.2) is 118 Å². The van der Waals surface area contributed by atoms with E-state index in [0.717, 1.165) is 52.9 Å². The number of amides is 3. The highest BCUT2D eigenvalue weighted by Crippen LogP contribution is 2.43. The van der Waals surface area contributed by atoms with E-state index in [1.165, 1.54) is 30.3 Å². The number of nitrogens with zero attached hydrogens (tertiary/aromatic N) is 5. The second kappa shape index (κ2) is 22.5. The lowest BCUT2D eigenvalue weighted by atomic mass is 9.85. The van der Waals surface area contributed by atoms with Crippen molar-refractivity contribution in [1.29, 1.82) is 0 Å². The highest BCUT2D eigenvalue weighted by Gasteiger charge is 2.53. The normalized spacial score (nSPS) is 14.4. The molecule has 3 aliphatic heterocycles. The van der Waals surface area contributed by atoms with Gasteiger partial charge in [-0.05, 0) is 129 Å². The van der Waals surface area contributed by atoms with E-state index in [0.29, 0.717) is 85.5 Å². The highest BCUT2D eigenvalue weighted by molar-refractivity contribution is 6.09. The topological polar surface area (TPSA) is 159 Å². The number of Topliss-reactive ketones (excluding diaryl/α,β-unsaturated/α-hetero) is 1. The first-order valence-corrected chi connectivity index (χ1v) is 25.5. The van der Waals surface area contributed by atoms with Crippen LogP contribution in [-0.2, 0) is 16.0 Å². The number of hydrogen-bond donors (Lipinski definition) is 3. The molecule has 3 heterocycles. The molecule has 0 radical (unpaired) electrons. The molecule has 0 saturated carbocycles. The third-order valence-corrected chi connectivity index (χ3v) is 14.6. The number of benzene rings is 6. The number of ketones is 1. The summed E-state index contributed by atoms with van der Waals surface area (Å²) in [7, 11) is 7.75. The molecule has 3 amide bonds. The summed E-state index contributed by atoms with van der Waals surface area (Å²) in [4.78, 5) is 74.9. The zero-order valence-corrected chi connectivity index (χ0v) is 42.9. The molecule has 75 heavy (non-hydrogen) atoms. The summed E-state index contributed by atoms with van der Waals surface area (Å²) in [5.41, 5.74) is 6.08. The van der Waals surface area contributed by atoms with Gasteiger partial charge in [-0.1, -0.05) is 36.4 Å². The van der Waals surface area contributed by atoms with Crippen LogP contribution in [0.4, 0.5) is 21.5 Å². The van der Waals surface area contributed by atoms with E-state index in [1.54, 1.807) is 12.1 Å². The SMILES string of the molecule is CN(C)c1ccc2c(-c3ccc(C(=O)NCCCC(=O)Nc4ccc(CCN5CN(c6ccccc6)C6(CCN(CCCC(=O)c7ccc(F)cc7)CC6)C5=O)cc4)cc3C(=O)O)c3ccc(=[N+](C)C)cc-3oc2c1. The number of carboxylic acids is 1. The zero-order valence-electron chi connectivity index (χ0n) is 42.9. The molecular weight excluding hydrogens is 950 g/mol. The van der Waals surface area contributed by atoms with E-state index in [2.05, 4.69) is 32.6 Å². The monoisotopic (exact) mass is 1010 g/mol. The number of carboxylic acid groups (broad SMARTS) is 1. The Morgan fingerprint density at radius 2 is 1.51 bits per heavy atom. The minimum Gasteiger partial charge on any atom is -0.478 e. The first kappa shape index (κ1) is 51.7. The maximum Gasteiger partial charge on any atom is 0.336 e. The number of halogens is 1. The number of para-hydroxylation sites is 1. The number of aromatic carboxylic acids is 1. The van der Waals surface area contributed by atoms with Crippen molar-refractivity contribution in [3.05, 3.63) is 167 Å². The fourth-order valence-corrected chi connectivity index (χ4v) is 10.4. The smallest absolute Gasteiger partial charge is 0.336 e. The van der Waals surface area contributed by atoms with Crippen molar-refractivity contribution < 1.29 is 37.9 Å². The molecule has 4 aliphatic rings. The van der Waals surface area contributed by atoms with Gasteiger partial charge in [0.1, 0.15) is 36.8 Å². The second-order valence-electron chi connectivity index (χ2n) is 19.9. The first-order chi connectivity index (χ1) is 36.2. The van der Waals surface area contributed by atoms with Crippen molar-refractivity contribution in [3.63, 3.8) is 0 Å². The van der Waals surface area contributed by atoms with Gasteiger partial charge in [-0.15, -0.1) is 0 Å². The standard InChI is InChI=1S/C60H62FN7O7/c1-64(2)46-23-26-49-53(37-46)75-54-38-47(65(3)4)24-27-50(54)56(49)48-25-18-42(36-51(48)58(72)73)57(71)62-31-8-13-55(70)63-44-21-14-40(15-22-44)28-33-67-39-68(45-10-6-5-7-11-45)60(59(67)74)29-34-66(35-30-60)32-9-12-52(69)41-16-19-43(61)20-17-41/h5-7,10-11,14-27,36-38H,8-9,12-13,28-35,39H2,1-4H3,(H2-,62,63,70,71,72,73)/p+1. The van der Waals surface area contributed by atoms with Gasteiger partial charge in [0.25, 0.3) is 5.91 Å². The van der Waals surface area contributed by atoms with Gasteiger partial charge >= 0.3 is 5.97 Å². The minimum atomic E-state index is -1.18. The van der Waals surface area contributed by atoms with Crippen molar-refractivity contribution in [1.82, 2.24) is 19.7 Å². The van der Waals surface area contributed by atoms with Gasteiger partial charge in [0.05, 0.1) is 18.3 Å². The fraction of sp³-hybridized carbons (Fsp3) is 0.300. The van der Waals surface area contributed by atoms with Gasteiger partial charge in [0, 0.05) is 110 Å². The molecule has 15 heteroatoms. The predicted octanol–water partition coefficient (Wildman–Crippen LogP) is 8.63. The third-order valence-electron chi connectivity index (χ3n) is 14.6. The molecule has 0 aromatic heterocycles. The van der Waals surface area contributed by atoms with Crippen LogP contribution in [0, 0.1) is 5.82 Å². The van der Waals surface area contributed by atoms with Crippen LogP contribution in [0.2, 0.25) is 0 Å². The molecule has 0 unspecified atom stereocenters. The summed E-state index contributed by atoms with van der Waals surface area (Å²) in [6.07, 6.45) is 3.55. The number of likely N-dealkylation sites (tertiary alicyclic amines) is 1. The van der Waals surface area contributed by atoms with Crippen molar-refractivity contribution in [2.45, 2.75) is 50.5 Å². The van der Waals surface area contributed by atoms with Crippen LogP contribution in [0.15, 0.2) is 138 Å². The van der Waals surface area contributed by atoms with Crippen LogP contribution in [0.1, 0.15) is 75.2 Å². The Morgan fingerprint density at radius 3 is 2.21 bits per heavy atom. The van der Waals surface area contributed by atoms with Crippen molar-refractivity contribution >= 4 is 57.5 Å². The van der Waals surface area contributed by atoms with E-state index in [-0.39, 0.29) is 47.5 Å². The molecule has 5 aromatic rings. The van der Waals surface area contributed by atoms with E-state index < -0.39 is 17.4 Å². The number of hydrogen-bond acceptors (Lipinski definition) is 9. The summed E-state index contributed by atoms with van der Waals surface area (Å²) >= 11 is 0. The lowest BCUT2D eigenvalue weighted by Crippen LogP contribution is -2.56. The Kier molecular flexibility index (Phi) is 15.5. The van der Waals surface area contributed by atoms with Gasteiger partial charge in [-0.25, -0.2) is 13.8 Å². The molecule has 1 aliphatic carbocycles. The summed E-state index contributed by atoms with van der Waals surface area (Å²) < 4.78 is 21.7. The van der Waals surface area contributed by atoms with Gasteiger partial charge in [-0.3, -0.25) is 19.2 Å². The molecule has 386 valence electrons. The highest BCUT2D eigenvalue weighted by atomic mass is 19.1. The summed E-state index contributed by atoms with van der Waals surface area (Å²) in [6.45, 7) is 3.44. The first-order valence-electron chi connectivity index (χ1n) is 25.5. The van der Waals surface area contributed by atoms with Crippen molar-refractivity contribution in [2.24, 2.45) is 0 Å². The van der Waals surface area contributed by atoms with Crippen LogP contribution in [0.3, 0.4) is 0 Å². The molecule has 9 rings (SSSR count). The Bertz CT molecular complexity index is 3290. The van der Waals surface area contributed by atoms with E-state index in [9.17, 15) is 33.5 Å². The average Bonchev–Trinajstić information content (AvgIpc) is 3.72. The maximum absolute atomic E-state index is 14.4. The summed E-state index contributed by atoms with van der Waals surface area (Å²) in [6, 6.07) is 39.7. The Hall–Kier alpha value is -8.17. The Labute approximate surface area is 436 Å². The van der Waals surface area contributed by atoms with E-state index in [4.69, 9.17) is 4.42 Å². The lowest BCUT2D eigenvalue weighted by molar-refractivity contribution is -0.133. The molecule has 1 spiro atoms. The summed E-state index contributed by atoms with van der Waals surface area (Å²) in [5, 5.41) is 18.0. The fourth-order valence-electron chi connectivity index (χ4n) is 10.4. The number of piperidine rings is 1. The quantitative estimate of drug-likeness (QED) is 0.0329. The molecular formula is C60H63FN7O7+. The molecule has 0 bridgehead atoms. The minimum absolute atomic E-state index is 0.000622. The molecule has 14 nitrogen and oxygen atoms in total. The van der Waals surface area contributed by atoms with Gasteiger partial charge in [0.15, 0.2) is 5.78 Å². The summed E-state index contributed by atoms with van der Waals surface area (Å²) in [5.74, 6) is -1.48. The number of carbonyl (C=O) groups is 5. The van der Waals surface area contributed by atoms with Crippen molar-refractivity contribution in [3.8, 4) is 22.5 Å². The van der Waals surface area contributed by atoms with Crippen molar-refractivity contribution in [2.75, 3.05) is 82.7 Å². The number of fused-ring (bicyclic) bond motifs is 2. The molecule has 5 aromatic carbocycles. The molecule has 0 atom stereocenters. The second-order valence-corrected chi connectivity index (χ2v) is 19.9. The van der Waals surface area contributed by atoms with Crippen LogP contribution < -0.4 is 30.4 Å². The third kappa shape index (κ3) is 11.5. The van der Waals surface area contributed by atoms with E-state index in [1.807, 2.05) is 121 Å². The molecule has 2 saturated heterocycles. The molecule has 3 N–H and O–H groups in total. The van der Waals surface area contributed by atoms with Crippen LogP contribution >= 0.6 is 0 Å². The molecule has 2 fully saturated rings. The van der Waals surface area contributed by atoms with Gasteiger partial charge in [-0.2, -0.15) is 0 Å². The predicted molar refractivity (Wildman–Crippen MR) is 291 cm³/mol. The van der Waals surface area contributed by atoms with Gasteiger partial charge < -0.3 is 39.8 Å². The number of rotatable bonds is 18. The van der Waals surface area contributed by atoms with Gasteiger partial charge in [0.2, 0.25) is 17.2 Å². The van der Waals surface area contributed by atoms with E-state index >= 15 is 0 Å². The largest absolute Gasteiger partial charge is 0.478 e. The van der Waals surface area contributed by atoms with Crippen LogP contribution in [0.25, 0.3) is 33.4 Å². The zero-order chi connectivity index (χ0) is 52.8. The Morgan fingerprint density at radius 1 is 0.787 bits per heavy atom. The number of anilines is 3. The van der Waals surface area contributed by atoms with Crippen LogP contribution in [0.5, 0.6) is 0 Å². The maximum atomic E-state index is 14.4. The number of carbonyl (C=O) groups excluding carboxylic acids is 4. The number of nitrogens with one attached hydrogen (secondary N) is 2.